The average molecular weight is 289 g/mol. The average Bonchev–Trinajstić information content (AvgIpc) is 2.46. The van der Waals surface area contributed by atoms with Crippen LogP contribution in [0, 0.1) is 0 Å². The Balaban J connectivity index is 2.16. The molecule has 0 saturated heterocycles. The molecule has 0 amide bonds. The van der Waals surface area contributed by atoms with Crippen LogP contribution in [0.5, 0.6) is 0 Å². The number of nitrogens with one attached hydrogen (secondary N) is 1. The van der Waals surface area contributed by atoms with Crippen LogP contribution in [0.2, 0.25) is 5.02 Å². The van der Waals surface area contributed by atoms with E-state index >= 15 is 0 Å². The Kier molecular flexibility index (Phi) is 5.16. The molecule has 0 aliphatic carbocycles. The third-order valence-corrected chi connectivity index (χ3v) is 3.93. The molecule has 0 fully saturated rings. The van der Waals surface area contributed by atoms with Gasteiger partial charge in [-0.25, -0.2) is 0 Å². The van der Waals surface area contributed by atoms with Crippen LogP contribution in [-0.4, -0.2) is 12.0 Å². The van der Waals surface area contributed by atoms with Gasteiger partial charge in [-0.15, -0.1) is 0 Å². The number of benzene rings is 1. The van der Waals surface area contributed by atoms with Crippen molar-refractivity contribution >= 4 is 11.6 Å². The monoisotopic (exact) mass is 288 g/mol. The van der Waals surface area contributed by atoms with E-state index in [-0.39, 0.29) is 6.04 Å². The number of hydrogen-bond donors (Lipinski definition) is 1. The Hall–Kier alpha value is -1.38. The maximum atomic E-state index is 6.23. The molecular formula is C17H21ClN2. The van der Waals surface area contributed by atoms with Gasteiger partial charge in [0.1, 0.15) is 0 Å². The third-order valence-electron chi connectivity index (χ3n) is 3.61. The van der Waals surface area contributed by atoms with Crippen LogP contribution in [0.3, 0.4) is 0 Å². The molecule has 0 aliphatic heterocycles. The first-order valence-electron chi connectivity index (χ1n) is 6.97. The Morgan fingerprint density at radius 2 is 1.85 bits per heavy atom. The van der Waals surface area contributed by atoms with Crippen LogP contribution in [0.4, 0.5) is 0 Å². The zero-order valence-electron chi connectivity index (χ0n) is 12.2. The summed E-state index contributed by atoms with van der Waals surface area (Å²) in [5.41, 5.74) is 3.77. The molecule has 1 atom stereocenters. The number of halogens is 1. The lowest BCUT2D eigenvalue weighted by Crippen LogP contribution is -2.19. The molecule has 1 N–H and O–H groups in total. The molecule has 0 aliphatic rings. The number of pyridine rings is 1. The molecule has 2 aromatic rings. The van der Waals surface area contributed by atoms with Crippen LogP contribution in [0.15, 0.2) is 42.7 Å². The summed E-state index contributed by atoms with van der Waals surface area (Å²) in [5.74, 6) is 0.568. The number of nitrogens with zero attached hydrogens (tertiary/aromatic N) is 1. The van der Waals surface area contributed by atoms with Crippen LogP contribution >= 0.6 is 11.6 Å². The van der Waals surface area contributed by atoms with Crippen molar-refractivity contribution in [3.8, 4) is 0 Å². The molecule has 0 bridgehead atoms. The van der Waals surface area contributed by atoms with Crippen LogP contribution < -0.4 is 5.32 Å². The maximum absolute atomic E-state index is 6.23. The van der Waals surface area contributed by atoms with Gasteiger partial charge in [0.2, 0.25) is 0 Å². The number of aromatic nitrogens is 1. The lowest BCUT2D eigenvalue weighted by molar-refractivity contribution is 0.591. The molecular weight excluding hydrogens is 268 g/mol. The molecule has 1 heterocycles. The summed E-state index contributed by atoms with van der Waals surface area (Å²) < 4.78 is 0. The lowest BCUT2D eigenvalue weighted by atomic mass is 9.96. The van der Waals surface area contributed by atoms with E-state index in [4.69, 9.17) is 11.6 Å². The molecule has 1 aromatic carbocycles. The summed E-state index contributed by atoms with van der Waals surface area (Å²) in [5, 5.41) is 4.05. The third kappa shape index (κ3) is 3.59. The predicted molar refractivity (Wildman–Crippen MR) is 85.3 cm³/mol. The van der Waals surface area contributed by atoms with E-state index in [2.05, 4.69) is 48.4 Å². The number of rotatable bonds is 5. The fraction of sp³-hybridized carbons (Fsp3) is 0.353. The Morgan fingerprint density at radius 1 is 1.15 bits per heavy atom. The van der Waals surface area contributed by atoms with Crippen molar-refractivity contribution < 1.29 is 0 Å². The van der Waals surface area contributed by atoms with Crippen LogP contribution in [-0.2, 0) is 6.42 Å². The first-order valence-corrected chi connectivity index (χ1v) is 7.35. The predicted octanol–water partition coefficient (Wildman–Crippen LogP) is 4.36. The molecule has 3 heteroatoms. The highest BCUT2D eigenvalue weighted by Gasteiger charge is 2.13. The summed E-state index contributed by atoms with van der Waals surface area (Å²) >= 11 is 6.23. The molecule has 1 aromatic heterocycles. The van der Waals surface area contributed by atoms with Gasteiger partial charge in [-0.2, -0.15) is 0 Å². The number of hydrogen-bond acceptors (Lipinski definition) is 2. The van der Waals surface area contributed by atoms with Gasteiger partial charge in [0.25, 0.3) is 0 Å². The normalized spacial score (nSPS) is 12.7. The quantitative estimate of drug-likeness (QED) is 0.884. The SMILES string of the molecule is CNC(Cc1ccc(C(C)C)cc1)c1ccncc1Cl. The van der Waals surface area contributed by atoms with E-state index in [0.717, 1.165) is 12.0 Å². The minimum absolute atomic E-state index is 0.204. The molecule has 20 heavy (non-hydrogen) atoms. The van der Waals surface area contributed by atoms with Crippen molar-refractivity contribution in [2.24, 2.45) is 0 Å². The second-order valence-corrected chi connectivity index (χ2v) is 5.75. The van der Waals surface area contributed by atoms with Gasteiger partial charge in [-0.05, 0) is 42.1 Å². The second kappa shape index (κ2) is 6.87. The summed E-state index contributed by atoms with van der Waals surface area (Å²) in [4.78, 5) is 4.04. The fourth-order valence-corrected chi connectivity index (χ4v) is 2.56. The maximum Gasteiger partial charge on any atom is 0.0637 e. The van der Waals surface area contributed by atoms with Crippen molar-refractivity contribution in [2.45, 2.75) is 32.2 Å². The van der Waals surface area contributed by atoms with E-state index in [1.54, 1.807) is 12.4 Å². The van der Waals surface area contributed by atoms with Crippen molar-refractivity contribution in [3.05, 3.63) is 64.4 Å². The summed E-state index contributed by atoms with van der Waals surface area (Å²) in [6, 6.07) is 11.0. The van der Waals surface area contributed by atoms with E-state index in [1.165, 1.54) is 11.1 Å². The smallest absolute Gasteiger partial charge is 0.0637 e. The molecule has 106 valence electrons. The largest absolute Gasteiger partial charge is 0.313 e. The lowest BCUT2D eigenvalue weighted by Gasteiger charge is -2.18. The van der Waals surface area contributed by atoms with Gasteiger partial charge in [0, 0.05) is 18.4 Å². The topological polar surface area (TPSA) is 24.9 Å². The second-order valence-electron chi connectivity index (χ2n) is 5.34. The highest BCUT2D eigenvalue weighted by atomic mass is 35.5. The van der Waals surface area contributed by atoms with Gasteiger partial charge < -0.3 is 5.32 Å². The van der Waals surface area contributed by atoms with Gasteiger partial charge in [-0.3, -0.25) is 4.98 Å². The summed E-state index contributed by atoms with van der Waals surface area (Å²) in [6.45, 7) is 4.42. The van der Waals surface area contributed by atoms with Crippen molar-refractivity contribution in [2.75, 3.05) is 7.05 Å². The Morgan fingerprint density at radius 3 is 2.40 bits per heavy atom. The molecule has 0 spiro atoms. The molecule has 1 unspecified atom stereocenters. The Labute approximate surface area is 126 Å². The highest BCUT2D eigenvalue weighted by molar-refractivity contribution is 6.31. The van der Waals surface area contributed by atoms with Crippen LogP contribution in [0.25, 0.3) is 0 Å². The van der Waals surface area contributed by atoms with Crippen LogP contribution in [0.1, 0.15) is 42.5 Å². The molecule has 2 rings (SSSR count). The van der Waals surface area contributed by atoms with Gasteiger partial charge >= 0.3 is 0 Å². The minimum atomic E-state index is 0.204. The van der Waals surface area contributed by atoms with Gasteiger partial charge in [-0.1, -0.05) is 49.7 Å². The van der Waals surface area contributed by atoms with E-state index < -0.39 is 0 Å². The first-order chi connectivity index (χ1) is 9.61. The van der Waals surface area contributed by atoms with Crippen molar-refractivity contribution in [3.63, 3.8) is 0 Å². The Bertz CT molecular complexity index is 549. The van der Waals surface area contributed by atoms with E-state index in [9.17, 15) is 0 Å². The fourth-order valence-electron chi connectivity index (χ4n) is 2.31. The highest BCUT2D eigenvalue weighted by Crippen LogP contribution is 2.25. The molecule has 0 saturated carbocycles. The molecule has 2 nitrogen and oxygen atoms in total. The van der Waals surface area contributed by atoms with Crippen molar-refractivity contribution in [1.82, 2.24) is 10.3 Å². The summed E-state index contributed by atoms with van der Waals surface area (Å²) in [6.07, 6.45) is 4.40. The first kappa shape index (κ1) is 15.0. The van der Waals surface area contributed by atoms with E-state index in [1.807, 2.05) is 13.1 Å². The number of likely N-dealkylation sites (N-methyl/N-ethyl adjacent to an activating group) is 1. The van der Waals surface area contributed by atoms with Gasteiger partial charge in [0.15, 0.2) is 0 Å². The van der Waals surface area contributed by atoms with E-state index in [0.29, 0.717) is 10.9 Å². The van der Waals surface area contributed by atoms with Gasteiger partial charge in [0.05, 0.1) is 5.02 Å². The zero-order chi connectivity index (χ0) is 14.5. The minimum Gasteiger partial charge on any atom is -0.313 e. The van der Waals surface area contributed by atoms with Crippen molar-refractivity contribution in [1.29, 1.82) is 0 Å². The summed E-state index contributed by atoms with van der Waals surface area (Å²) in [7, 11) is 1.96. The standard InChI is InChI=1S/C17H21ClN2/c1-12(2)14-6-4-13(5-7-14)10-17(19-3)15-8-9-20-11-16(15)18/h4-9,11-12,17,19H,10H2,1-3H3. The molecule has 0 radical (unpaired) electrons. The zero-order valence-corrected chi connectivity index (χ0v) is 13.0.